The van der Waals surface area contributed by atoms with E-state index in [-0.39, 0.29) is 5.91 Å². The summed E-state index contributed by atoms with van der Waals surface area (Å²) in [6, 6.07) is 17.4. The topological polar surface area (TPSA) is 59.7 Å². The quantitative estimate of drug-likeness (QED) is 0.499. The van der Waals surface area contributed by atoms with Gasteiger partial charge in [0.2, 0.25) is 0 Å². The molecule has 0 saturated carbocycles. The van der Waals surface area contributed by atoms with Crippen LogP contribution in [0.4, 0.5) is 0 Å². The summed E-state index contributed by atoms with van der Waals surface area (Å²) in [6.07, 6.45) is 0. The van der Waals surface area contributed by atoms with Gasteiger partial charge < -0.3 is 9.64 Å². The number of benzene rings is 2. The number of ether oxygens (including phenoxy) is 1. The summed E-state index contributed by atoms with van der Waals surface area (Å²) in [5.41, 5.74) is 7.65. The van der Waals surface area contributed by atoms with Crippen LogP contribution in [0.1, 0.15) is 44.1 Å². The van der Waals surface area contributed by atoms with Crippen molar-refractivity contribution in [1.82, 2.24) is 19.5 Å². The first-order valence-corrected chi connectivity index (χ1v) is 10.4. The summed E-state index contributed by atoms with van der Waals surface area (Å²) in [5.74, 6) is 0.538. The Balaban J connectivity index is 1.40. The van der Waals surface area contributed by atoms with Crippen LogP contribution in [-0.4, -0.2) is 25.4 Å². The molecule has 0 N–H and O–H groups in total. The van der Waals surface area contributed by atoms with Gasteiger partial charge in [0.25, 0.3) is 5.91 Å². The van der Waals surface area contributed by atoms with Gasteiger partial charge in [-0.3, -0.25) is 4.79 Å². The van der Waals surface area contributed by atoms with Crippen LogP contribution >= 0.6 is 0 Å². The molecule has 0 fully saturated rings. The molecule has 5 rings (SSSR count). The lowest BCUT2D eigenvalue weighted by molar-refractivity contribution is 0.0745. The maximum absolute atomic E-state index is 13.4. The fourth-order valence-electron chi connectivity index (χ4n) is 4.03. The molecule has 3 heterocycles. The third-order valence-corrected chi connectivity index (χ3v) is 6.05. The maximum atomic E-state index is 13.4. The average Bonchev–Trinajstić information content (AvgIpc) is 3.36. The van der Waals surface area contributed by atoms with Crippen molar-refractivity contribution in [3.8, 4) is 5.75 Å². The molecule has 31 heavy (non-hydrogen) atoms. The number of rotatable bonds is 4. The second kappa shape index (κ2) is 7.54. The highest BCUT2D eigenvalue weighted by Crippen LogP contribution is 2.30. The van der Waals surface area contributed by atoms with Crippen molar-refractivity contribution in [1.29, 1.82) is 0 Å². The molecule has 2 aromatic heterocycles. The third-order valence-electron chi connectivity index (χ3n) is 6.05. The van der Waals surface area contributed by atoms with Crippen LogP contribution in [-0.2, 0) is 19.7 Å². The number of carbonyl (C=O) groups excluding carboxylic acids is 1. The van der Waals surface area contributed by atoms with Crippen molar-refractivity contribution < 1.29 is 9.53 Å². The molecule has 6 heteroatoms. The van der Waals surface area contributed by atoms with E-state index in [0.717, 1.165) is 39.4 Å². The summed E-state index contributed by atoms with van der Waals surface area (Å²) >= 11 is 0. The number of fused-ring (bicyclic) bond motifs is 3. The van der Waals surface area contributed by atoms with Crippen LogP contribution in [0.25, 0.3) is 5.65 Å². The van der Waals surface area contributed by atoms with Crippen molar-refractivity contribution in [2.24, 2.45) is 0 Å². The second-order valence-electron chi connectivity index (χ2n) is 8.00. The first kappa shape index (κ1) is 19.3. The molecule has 0 atom stereocenters. The van der Waals surface area contributed by atoms with Gasteiger partial charge in [-0.15, -0.1) is 0 Å². The molecule has 0 bridgehead atoms. The Morgan fingerprint density at radius 3 is 2.55 bits per heavy atom. The Kier molecular flexibility index (Phi) is 4.70. The van der Waals surface area contributed by atoms with Crippen molar-refractivity contribution in [2.75, 3.05) is 0 Å². The molecule has 0 spiro atoms. The average molecular weight is 412 g/mol. The zero-order valence-corrected chi connectivity index (χ0v) is 17.9. The lowest BCUT2D eigenvalue weighted by Gasteiger charge is -2.18. The molecule has 156 valence electrons. The molecular weight excluding hydrogens is 388 g/mol. The van der Waals surface area contributed by atoms with Crippen molar-refractivity contribution in [2.45, 2.75) is 40.5 Å². The first-order valence-electron chi connectivity index (χ1n) is 10.4. The highest BCUT2D eigenvalue weighted by atomic mass is 16.5. The van der Waals surface area contributed by atoms with E-state index in [4.69, 9.17) is 14.8 Å². The normalized spacial score (nSPS) is 12.9. The monoisotopic (exact) mass is 412 g/mol. The van der Waals surface area contributed by atoms with Gasteiger partial charge in [-0.2, -0.15) is 5.10 Å². The summed E-state index contributed by atoms with van der Waals surface area (Å²) in [7, 11) is 0. The summed E-state index contributed by atoms with van der Waals surface area (Å²) < 4.78 is 7.91. The van der Waals surface area contributed by atoms with E-state index < -0.39 is 0 Å². The molecule has 0 unspecified atom stereocenters. The van der Waals surface area contributed by atoms with Gasteiger partial charge >= 0.3 is 0 Å². The maximum Gasteiger partial charge on any atom is 0.258 e. The van der Waals surface area contributed by atoms with E-state index in [2.05, 4.69) is 13.8 Å². The number of amides is 1. The number of para-hydroxylation sites is 1. The summed E-state index contributed by atoms with van der Waals surface area (Å²) in [5, 5.41) is 4.75. The van der Waals surface area contributed by atoms with E-state index in [0.29, 0.717) is 31.0 Å². The van der Waals surface area contributed by atoms with Gasteiger partial charge in [-0.1, -0.05) is 42.5 Å². The van der Waals surface area contributed by atoms with Crippen LogP contribution in [0.3, 0.4) is 0 Å². The first-order chi connectivity index (χ1) is 15.0. The van der Waals surface area contributed by atoms with Crippen LogP contribution in [0.2, 0.25) is 0 Å². The molecule has 0 saturated heterocycles. The molecule has 0 aliphatic carbocycles. The van der Waals surface area contributed by atoms with Gasteiger partial charge in [0.15, 0.2) is 5.65 Å². The van der Waals surface area contributed by atoms with Gasteiger partial charge in [0.05, 0.1) is 24.3 Å². The van der Waals surface area contributed by atoms with E-state index in [1.54, 1.807) is 0 Å². The molecule has 6 nitrogen and oxygen atoms in total. The molecule has 2 aromatic carbocycles. The van der Waals surface area contributed by atoms with Gasteiger partial charge in [0, 0.05) is 17.0 Å². The summed E-state index contributed by atoms with van der Waals surface area (Å²) in [6.45, 7) is 7.53. The highest BCUT2D eigenvalue weighted by molar-refractivity contribution is 5.97. The Bertz CT molecular complexity index is 1290. The Morgan fingerprint density at radius 2 is 1.74 bits per heavy atom. The number of aromatic nitrogens is 3. The number of aryl methyl sites for hydroxylation is 2. The number of hydrogen-bond acceptors (Lipinski definition) is 4. The minimum Gasteiger partial charge on any atom is -0.488 e. The van der Waals surface area contributed by atoms with Crippen LogP contribution in [0, 0.1) is 20.8 Å². The van der Waals surface area contributed by atoms with E-state index >= 15 is 0 Å². The Morgan fingerprint density at radius 1 is 1.00 bits per heavy atom. The van der Waals surface area contributed by atoms with Crippen LogP contribution in [0.15, 0.2) is 54.6 Å². The lowest BCUT2D eigenvalue weighted by atomic mass is 10.1. The highest BCUT2D eigenvalue weighted by Gasteiger charge is 2.31. The zero-order chi connectivity index (χ0) is 21.5. The zero-order valence-electron chi connectivity index (χ0n) is 17.9. The number of nitrogens with zero attached hydrogens (tertiary/aromatic N) is 4. The fourth-order valence-corrected chi connectivity index (χ4v) is 4.03. The standard InChI is InChI=1S/C25H24N4O2/c1-16-17(2)26-24-21-13-28(14-22(21)27-29(24)18(16)3)25(30)20-11-7-8-12-23(20)31-15-19-9-5-4-6-10-19/h4-12H,13-15H2,1-3H3. The predicted octanol–water partition coefficient (Wildman–Crippen LogP) is 4.39. The Hall–Kier alpha value is -3.67. The van der Waals surface area contributed by atoms with Crippen molar-refractivity contribution in [3.63, 3.8) is 0 Å². The van der Waals surface area contributed by atoms with Gasteiger partial charge in [0.1, 0.15) is 12.4 Å². The summed E-state index contributed by atoms with van der Waals surface area (Å²) in [4.78, 5) is 19.9. The molecule has 1 aliphatic heterocycles. The van der Waals surface area contributed by atoms with E-state index in [9.17, 15) is 4.79 Å². The van der Waals surface area contributed by atoms with E-state index in [1.807, 2.05) is 70.9 Å². The number of carbonyl (C=O) groups is 1. The smallest absolute Gasteiger partial charge is 0.258 e. The molecule has 4 aromatic rings. The second-order valence-corrected chi connectivity index (χ2v) is 8.00. The molecular formula is C25H24N4O2. The molecule has 1 aliphatic rings. The third kappa shape index (κ3) is 3.34. The van der Waals surface area contributed by atoms with Crippen molar-refractivity contribution >= 4 is 11.6 Å². The van der Waals surface area contributed by atoms with Gasteiger partial charge in [-0.25, -0.2) is 9.50 Å². The van der Waals surface area contributed by atoms with Crippen LogP contribution < -0.4 is 4.74 Å². The van der Waals surface area contributed by atoms with Crippen LogP contribution in [0.5, 0.6) is 5.75 Å². The fraction of sp³-hybridized carbons (Fsp3) is 0.240. The van der Waals surface area contributed by atoms with Crippen molar-refractivity contribution in [3.05, 3.63) is 93.9 Å². The largest absolute Gasteiger partial charge is 0.488 e. The number of hydrogen-bond donors (Lipinski definition) is 0. The predicted molar refractivity (Wildman–Crippen MR) is 118 cm³/mol. The van der Waals surface area contributed by atoms with Gasteiger partial charge in [-0.05, 0) is 44.0 Å². The SMILES string of the molecule is Cc1nc2c3c(nn2c(C)c1C)CN(C(=O)c1ccccc1OCc1ccccc1)C3. The van der Waals surface area contributed by atoms with E-state index in [1.165, 1.54) is 0 Å². The Labute approximate surface area is 181 Å². The molecule has 1 amide bonds. The minimum absolute atomic E-state index is 0.0552. The molecule has 0 radical (unpaired) electrons. The lowest BCUT2D eigenvalue weighted by Crippen LogP contribution is -2.26. The minimum atomic E-state index is -0.0552.